The SMILES string of the molecule is CC(C)(C)NC1CCC(OC(=O)Nc2cc(C=CCCOc3ccc(CCNC[C@H](O[Si](C)(C)C(C)(C)C)c4ccc(OCc5ccccc5)c5[nH]c(=O)ccc45)cc3)ccc2-c2ccccc2)CC1. The van der Waals surface area contributed by atoms with E-state index in [-0.39, 0.29) is 28.3 Å². The second-order valence-electron chi connectivity index (χ2n) is 21.1. The van der Waals surface area contributed by atoms with Gasteiger partial charge in [0.2, 0.25) is 5.56 Å². The van der Waals surface area contributed by atoms with E-state index < -0.39 is 14.4 Å². The molecule has 11 heteroatoms. The normalized spacial score (nSPS) is 16.0. The second kappa shape index (κ2) is 23.8. The van der Waals surface area contributed by atoms with Gasteiger partial charge in [0.1, 0.15) is 24.2 Å². The molecule has 1 aliphatic carbocycles. The number of aromatic amines is 1. The number of aromatic nitrogens is 1. The Kier molecular flexibility index (Phi) is 17.6. The van der Waals surface area contributed by atoms with Crippen LogP contribution in [-0.4, -0.2) is 56.8 Å². The first kappa shape index (κ1) is 51.9. The number of benzene rings is 5. The molecule has 1 aliphatic rings. The van der Waals surface area contributed by atoms with Gasteiger partial charge < -0.3 is 34.3 Å². The number of amides is 1. The lowest BCUT2D eigenvalue weighted by Crippen LogP contribution is -2.46. The molecule has 0 aliphatic heterocycles. The molecule has 1 heterocycles. The fourth-order valence-corrected chi connectivity index (χ4v) is 9.96. The predicted molar refractivity (Wildman–Crippen MR) is 289 cm³/mol. The first-order valence-electron chi connectivity index (χ1n) is 25.0. The van der Waals surface area contributed by atoms with Crippen molar-refractivity contribution in [1.82, 2.24) is 15.6 Å². The van der Waals surface area contributed by atoms with E-state index in [4.69, 9.17) is 18.6 Å². The number of nitrogens with one attached hydrogen (secondary N) is 4. The summed E-state index contributed by atoms with van der Waals surface area (Å²) in [5, 5.41) is 11.4. The van der Waals surface area contributed by atoms with Crippen LogP contribution in [0, 0.1) is 0 Å². The summed E-state index contributed by atoms with van der Waals surface area (Å²) in [5.41, 5.74) is 7.51. The average Bonchev–Trinajstić information content (AvgIpc) is 3.32. The second-order valence-corrected chi connectivity index (χ2v) is 25.9. The van der Waals surface area contributed by atoms with Gasteiger partial charge in [-0.3, -0.25) is 10.1 Å². The topological polar surface area (TPSA) is 123 Å². The van der Waals surface area contributed by atoms with Gasteiger partial charge in [-0.15, -0.1) is 0 Å². The number of hydrogen-bond acceptors (Lipinski definition) is 8. The lowest BCUT2D eigenvalue weighted by molar-refractivity contribution is 0.0762. The monoisotopic (exact) mass is 963 g/mol. The summed E-state index contributed by atoms with van der Waals surface area (Å²) in [6, 6.07) is 42.5. The van der Waals surface area contributed by atoms with Gasteiger partial charge in [-0.1, -0.05) is 124 Å². The molecule has 10 nitrogen and oxygen atoms in total. The fraction of sp³-hybridized carbons (Fsp3) is 0.390. The third-order valence-corrected chi connectivity index (χ3v) is 17.9. The maximum absolute atomic E-state index is 13.2. The number of pyridine rings is 1. The van der Waals surface area contributed by atoms with Gasteiger partial charge in [-0.25, -0.2) is 4.79 Å². The predicted octanol–water partition coefficient (Wildman–Crippen LogP) is 13.4. The Morgan fingerprint density at radius 3 is 2.21 bits per heavy atom. The average molecular weight is 963 g/mol. The van der Waals surface area contributed by atoms with Crippen molar-refractivity contribution in [3.05, 3.63) is 166 Å². The molecule has 1 atom stereocenters. The highest BCUT2D eigenvalue weighted by molar-refractivity contribution is 6.74. The molecule has 6 aromatic rings. The van der Waals surface area contributed by atoms with E-state index in [0.717, 1.165) is 89.7 Å². The molecule has 370 valence electrons. The third-order valence-electron chi connectivity index (χ3n) is 13.4. The molecule has 0 saturated heterocycles. The van der Waals surface area contributed by atoms with Gasteiger partial charge in [0, 0.05) is 35.1 Å². The van der Waals surface area contributed by atoms with Crippen LogP contribution >= 0.6 is 0 Å². The summed E-state index contributed by atoms with van der Waals surface area (Å²) in [7, 11) is -2.20. The zero-order valence-electron chi connectivity index (χ0n) is 42.5. The summed E-state index contributed by atoms with van der Waals surface area (Å²) in [4.78, 5) is 28.9. The van der Waals surface area contributed by atoms with Crippen LogP contribution in [0.2, 0.25) is 18.1 Å². The largest absolute Gasteiger partial charge is 0.493 e. The summed E-state index contributed by atoms with van der Waals surface area (Å²) in [5.74, 6) is 1.46. The number of rotatable bonds is 20. The molecule has 0 spiro atoms. The highest BCUT2D eigenvalue weighted by atomic mass is 28.4. The molecular formula is C59H74N4O6Si. The van der Waals surface area contributed by atoms with Gasteiger partial charge in [0.15, 0.2) is 8.32 Å². The number of carbonyl (C=O) groups is 1. The Morgan fingerprint density at radius 2 is 1.51 bits per heavy atom. The van der Waals surface area contributed by atoms with Crippen molar-refractivity contribution >= 4 is 37.1 Å². The molecule has 0 radical (unpaired) electrons. The van der Waals surface area contributed by atoms with Gasteiger partial charge in [0.25, 0.3) is 0 Å². The molecule has 5 aromatic carbocycles. The lowest BCUT2D eigenvalue weighted by atomic mass is 9.91. The Hall–Kier alpha value is -5.98. The highest BCUT2D eigenvalue weighted by Crippen LogP contribution is 2.41. The zero-order valence-corrected chi connectivity index (χ0v) is 43.5. The van der Waals surface area contributed by atoms with Crippen LogP contribution < -0.4 is 31.0 Å². The van der Waals surface area contributed by atoms with Crippen molar-refractivity contribution in [1.29, 1.82) is 0 Å². The summed E-state index contributed by atoms with van der Waals surface area (Å²) in [6.07, 6.45) is 8.65. The summed E-state index contributed by atoms with van der Waals surface area (Å²) in [6.45, 7) is 20.2. The maximum atomic E-state index is 13.2. The fourth-order valence-electron chi connectivity index (χ4n) is 8.68. The van der Waals surface area contributed by atoms with Crippen LogP contribution in [0.4, 0.5) is 10.5 Å². The van der Waals surface area contributed by atoms with Crippen molar-refractivity contribution in [2.45, 2.75) is 129 Å². The number of fused-ring (bicyclic) bond motifs is 1. The molecular weight excluding hydrogens is 889 g/mol. The van der Waals surface area contributed by atoms with E-state index >= 15 is 0 Å². The van der Waals surface area contributed by atoms with Gasteiger partial charge in [-0.2, -0.15) is 0 Å². The van der Waals surface area contributed by atoms with Crippen molar-refractivity contribution in [2.24, 2.45) is 0 Å². The number of H-pyrrole nitrogens is 1. The van der Waals surface area contributed by atoms with Crippen molar-refractivity contribution < 1.29 is 23.4 Å². The van der Waals surface area contributed by atoms with E-state index in [1.54, 1.807) is 6.07 Å². The summed E-state index contributed by atoms with van der Waals surface area (Å²) < 4.78 is 25.5. The van der Waals surface area contributed by atoms with Crippen LogP contribution in [0.1, 0.15) is 102 Å². The Morgan fingerprint density at radius 1 is 0.800 bits per heavy atom. The highest BCUT2D eigenvalue weighted by Gasteiger charge is 2.40. The van der Waals surface area contributed by atoms with Gasteiger partial charge in [0.05, 0.1) is 23.9 Å². The molecule has 0 unspecified atom stereocenters. The maximum Gasteiger partial charge on any atom is 0.411 e. The first-order chi connectivity index (χ1) is 33.5. The summed E-state index contributed by atoms with van der Waals surface area (Å²) >= 11 is 0. The number of hydrogen-bond donors (Lipinski definition) is 4. The quantitative estimate of drug-likeness (QED) is 0.0441. The van der Waals surface area contributed by atoms with Gasteiger partial charge in [-0.05, 0) is 142 Å². The Bertz CT molecular complexity index is 2700. The standard InChI is InChI=1S/C59H74N4O6Si/c1-58(2,3)63-46-25-29-48(30-26-46)68-57(65)61-52-39-43(24-31-49(52)45-20-13-10-14-21-45)17-15-16-38-66-47-27-22-42(23-28-47)36-37-60-40-54(69-70(7,8)59(4,5)6)50-32-34-53(56-51(50)33-35-55(64)62-56)67-41-44-18-11-9-12-19-44/h9-15,17-24,27-28,31-35,39,46,48,54,60,63H,16,25-26,29-30,36-38,40-41H2,1-8H3,(H,61,65)(H,62,64)/t46?,48?,54-/m0/s1. The van der Waals surface area contributed by atoms with E-state index in [1.807, 2.05) is 91.0 Å². The molecule has 7 rings (SSSR count). The molecule has 4 N–H and O–H groups in total. The Labute approximate surface area is 416 Å². The number of anilines is 1. The smallest absolute Gasteiger partial charge is 0.411 e. The minimum Gasteiger partial charge on any atom is -0.493 e. The lowest BCUT2D eigenvalue weighted by Gasteiger charge is -2.39. The zero-order chi connectivity index (χ0) is 49.7. The third kappa shape index (κ3) is 15.0. The minimum atomic E-state index is -2.20. The molecule has 1 amide bonds. The van der Waals surface area contributed by atoms with Crippen LogP contribution in [0.3, 0.4) is 0 Å². The van der Waals surface area contributed by atoms with E-state index in [9.17, 15) is 9.59 Å². The molecule has 1 aromatic heterocycles. The molecule has 1 saturated carbocycles. The van der Waals surface area contributed by atoms with Crippen LogP contribution in [0.15, 0.2) is 138 Å². The van der Waals surface area contributed by atoms with E-state index in [1.165, 1.54) is 5.56 Å². The van der Waals surface area contributed by atoms with Crippen molar-refractivity contribution in [3.63, 3.8) is 0 Å². The minimum absolute atomic E-state index is 0.00718. The van der Waals surface area contributed by atoms with E-state index in [2.05, 4.69) is 118 Å². The van der Waals surface area contributed by atoms with Crippen molar-refractivity contribution in [2.75, 3.05) is 25.0 Å². The van der Waals surface area contributed by atoms with Crippen LogP contribution in [0.5, 0.6) is 11.5 Å². The first-order valence-corrected chi connectivity index (χ1v) is 27.9. The van der Waals surface area contributed by atoms with Crippen LogP contribution in [0.25, 0.3) is 28.1 Å². The molecule has 1 fully saturated rings. The molecule has 0 bridgehead atoms. The van der Waals surface area contributed by atoms with Gasteiger partial charge >= 0.3 is 6.09 Å². The Balaban J connectivity index is 0.912. The number of ether oxygens (including phenoxy) is 3. The molecule has 70 heavy (non-hydrogen) atoms. The number of carbonyl (C=O) groups excluding carboxylic acids is 1. The van der Waals surface area contributed by atoms with Crippen molar-refractivity contribution in [3.8, 4) is 22.6 Å². The van der Waals surface area contributed by atoms with Crippen LogP contribution in [-0.2, 0) is 22.2 Å². The van der Waals surface area contributed by atoms with E-state index in [0.29, 0.717) is 37.1 Å².